The van der Waals surface area contributed by atoms with Gasteiger partial charge in [0.05, 0.1) is 5.92 Å². The van der Waals surface area contributed by atoms with E-state index in [1.165, 1.54) is 0 Å². The first kappa shape index (κ1) is 13.8. The second kappa shape index (κ2) is 4.94. The van der Waals surface area contributed by atoms with Crippen molar-refractivity contribution in [2.45, 2.75) is 64.1 Å². The summed E-state index contributed by atoms with van der Waals surface area (Å²) in [5.74, 6) is -1.01. The van der Waals surface area contributed by atoms with E-state index in [9.17, 15) is 13.2 Å². The predicted molar refractivity (Wildman–Crippen MR) is 59.0 cm³/mol. The van der Waals surface area contributed by atoms with Crippen LogP contribution in [-0.2, 0) is 0 Å². The van der Waals surface area contributed by atoms with Crippen molar-refractivity contribution in [3.63, 3.8) is 0 Å². The molecule has 1 aliphatic rings. The molecule has 96 valence electrons. The minimum atomic E-state index is -4.07. The minimum absolute atomic E-state index is 0.109. The van der Waals surface area contributed by atoms with Crippen LogP contribution in [0.1, 0.15) is 52.4 Å². The molecule has 0 saturated heterocycles. The highest BCUT2D eigenvalue weighted by Gasteiger charge is 2.47. The average molecular weight is 237 g/mol. The highest BCUT2D eigenvalue weighted by Crippen LogP contribution is 2.44. The lowest BCUT2D eigenvalue weighted by Gasteiger charge is -2.42. The number of rotatable bonds is 3. The van der Waals surface area contributed by atoms with Gasteiger partial charge in [-0.25, -0.2) is 0 Å². The number of halogens is 3. The highest BCUT2D eigenvalue weighted by atomic mass is 19.4. The molecule has 0 aromatic carbocycles. The van der Waals surface area contributed by atoms with E-state index in [0.29, 0.717) is 6.42 Å². The molecule has 3 atom stereocenters. The third kappa shape index (κ3) is 3.12. The van der Waals surface area contributed by atoms with Crippen LogP contribution >= 0.6 is 0 Å². The van der Waals surface area contributed by atoms with Gasteiger partial charge in [-0.05, 0) is 31.6 Å². The molecule has 1 aliphatic carbocycles. The summed E-state index contributed by atoms with van der Waals surface area (Å²) in [4.78, 5) is 0. The molecule has 16 heavy (non-hydrogen) atoms. The molecule has 1 fully saturated rings. The number of nitrogens with two attached hydrogens (primary N) is 1. The van der Waals surface area contributed by atoms with Crippen molar-refractivity contribution < 1.29 is 13.2 Å². The Morgan fingerprint density at radius 1 is 1.44 bits per heavy atom. The Bertz CT molecular complexity index is 227. The maximum absolute atomic E-state index is 12.7. The predicted octanol–water partition coefficient (Wildman–Crippen LogP) is 3.87. The van der Waals surface area contributed by atoms with Crippen molar-refractivity contribution in [1.29, 1.82) is 0 Å². The maximum Gasteiger partial charge on any atom is 0.391 e. The first-order chi connectivity index (χ1) is 7.29. The molecule has 1 saturated carbocycles. The second-order valence-electron chi connectivity index (χ2n) is 5.26. The van der Waals surface area contributed by atoms with Crippen LogP contribution in [0, 0.1) is 11.8 Å². The zero-order valence-electron chi connectivity index (χ0n) is 10.1. The van der Waals surface area contributed by atoms with Gasteiger partial charge in [0, 0.05) is 5.54 Å². The molecular formula is C12H22F3N. The quantitative estimate of drug-likeness (QED) is 0.792. The SMILES string of the molecule is CCCC(C)C1(N)CCCC(C(F)(F)F)C1. The van der Waals surface area contributed by atoms with Gasteiger partial charge >= 0.3 is 6.18 Å². The molecule has 0 radical (unpaired) electrons. The molecule has 4 heteroatoms. The van der Waals surface area contributed by atoms with Crippen molar-refractivity contribution in [3.05, 3.63) is 0 Å². The summed E-state index contributed by atoms with van der Waals surface area (Å²) in [7, 11) is 0. The number of hydrogen-bond acceptors (Lipinski definition) is 1. The Morgan fingerprint density at radius 2 is 2.06 bits per heavy atom. The Morgan fingerprint density at radius 3 is 2.56 bits per heavy atom. The van der Waals surface area contributed by atoms with E-state index in [1.807, 2.05) is 13.8 Å². The van der Waals surface area contributed by atoms with Crippen LogP contribution in [0.3, 0.4) is 0 Å². The Labute approximate surface area is 95.6 Å². The van der Waals surface area contributed by atoms with Crippen molar-refractivity contribution in [2.24, 2.45) is 17.6 Å². The van der Waals surface area contributed by atoms with Crippen molar-refractivity contribution in [3.8, 4) is 0 Å². The van der Waals surface area contributed by atoms with E-state index in [1.54, 1.807) is 0 Å². The van der Waals surface area contributed by atoms with Crippen LogP contribution in [0.4, 0.5) is 13.2 Å². The van der Waals surface area contributed by atoms with Gasteiger partial charge < -0.3 is 5.73 Å². The van der Waals surface area contributed by atoms with E-state index in [4.69, 9.17) is 5.73 Å². The van der Waals surface area contributed by atoms with Gasteiger partial charge in [-0.1, -0.05) is 26.7 Å². The van der Waals surface area contributed by atoms with Crippen molar-refractivity contribution in [2.75, 3.05) is 0 Å². The monoisotopic (exact) mass is 237 g/mol. The molecule has 1 nitrogen and oxygen atoms in total. The first-order valence-corrected chi connectivity index (χ1v) is 6.15. The molecular weight excluding hydrogens is 215 g/mol. The van der Waals surface area contributed by atoms with Crippen LogP contribution in [-0.4, -0.2) is 11.7 Å². The summed E-state index contributed by atoms with van der Waals surface area (Å²) in [6, 6.07) is 0. The number of hydrogen-bond donors (Lipinski definition) is 1. The molecule has 0 aromatic heterocycles. The van der Waals surface area contributed by atoms with Crippen LogP contribution < -0.4 is 5.73 Å². The summed E-state index contributed by atoms with van der Waals surface area (Å²) < 4.78 is 38.0. The fraction of sp³-hybridized carbons (Fsp3) is 1.00. The third-order valence-electron chi connectivity index (χ3n) is 3.99. The Balaban J connectivity index is 2.68. The first-order valence-electron chi connectivity index (χ1n) is 6.15. The van der Waals surface area contributed by atoms with Gasteiger partial charge in [-0.3, -0.25) is 0 Å². The lowest BCUT2D eigenvalue weighted by atomic mass is 9.69. The second-order valence-corrected chi connectivity index (χ2v) is 5.26. The molecule has 0 spiro atoms. The summed E-state index contributed by atoms with van der Waals surface area (Å²) >= 11 is 0. The molecule has 0 aliphatic heterocycles. The zero-order chi connectivity index (χ0) is 12.4. The highest BCUT2D eigenvalue weighted by molar-refractivity contribution is 4.95. The fourth-order valence-corrected chi connectivity index (χ4v) is 2.79. The Hall–Kier alpha value is -0.250. The van der Waals surface area contributed by atoms with E-state index >= 15 is 0 Å². The number of alkyl halides is 3. The summed E-state index contributed by atoms with van der Waals surface area (Å²) in [5, 5.41) is 0. The lowest BCUT2D eigenvalue weighted by molar-refractivity contribution is -0.188. The molecule has 0 amide bonds. The van der Waals surface area contributed by atoms with E-state index in [2.05, 4.69) is 0 Å². The van der Waals surface area contributed by atoms with E-state index in [-0.39, 0.29) is 18.8 Å². The lowest BCUT2D eigenvalue weighted by Crippen LogP contribution is -2.51. The van der Waals surface area contributed by atoms with E-state index < -0.39 is 17.6 Å². The van der Waals surface area contributed by atoms with Crippen LogP contribution in [0.25, 0.3) is 0 Å². The van der Waals surface area contributed by atoms with Crippen LogP contribution in [0.2, 0.25) is 0 Å². The van der Waals surface area contributed by atoms with Crippen molar-refractivity contribution in [1.82, 2.24) is 0 Å². The maximum atomic E-state index is 12.7. The Kier molecular flexibility index (Phi) is 4.27. The van der Waals surface area contributed by atoms with Gasteiger partial charge in [0.1, 0.15) is 0 Å². The molecule has 2 N–H and O–H groups in total. The van der Waals surface area contributed by atoms with E-state index in [0.717, 1.165) is 19.3 Å². The molecule has 0 bridgehead atoms. The summed E-state index contributed by atoms with van der Waals surface area (Å²) in [6.07, 6.45) is -0.469. The third-order valence-corrected chi connectivity index (χ3v) is 3.99. The summed E-state index contributed by atoms with van der Waals surface area (Å²) in [5.41, 5.74) is 5.57. The molecule has 3 unspecified atom stereocenters. The molecule has 0 aromatic rings. The largest absolute Gasteiger partial charge is 0.391 e. The minimum Gasteiger partial charge on any atom is -0.325 e. The van der Waals surface area contributed by atoms with Gasteiger partial charge in [-0.2, -0.15) is 13.2 Å². The average Bonchev–Trinajstić information content (AvgIpc) is 2.17. The van der Waals surface area contributed by atoms with Crippen LogP contribution in [0.5, 0.6) is 0 Å². The topological polar surface area (TPSA) is 26.0 Å². The van der Waals surface area contributed by atoms with Gasteiger partial charge in [0.15, 0.2) is 0 Å². The molecule has 1 rings (SSSR count). The van der Waals surface area contributed by atoms with Gasteiger partial charge in [0.2, 0.25) is 0 Å². The van der Waals surface area contributed by atoms with Crippen molar-refractivity contribution >= 4 is 0 Å². The molecule has 0 heterocycles. The standard InChI is InChI=1S/C12H22F3N/c1-3-5-9(2)11(16)7-4-6-10(8-11)12(13,14)15/h9-10H,3-8,16H2,1-2H3. The van der Waals surface area contributed by atoms with Gasteiger partial charge in [-0.15, -0.1) is 0 Å². The fourth-order valence-electron chi connectivity index (χ4n) is 2.79. The zero-order valence-corrected chi connectivity index (χ0v) is 10.1. The normalized spacial score (nSPS) is 33.8. The van der Waals surface area contributed by atoms with Gasteiger partial charge in [0.25, 0.3) is 0 Å². The smallest absolute Gasteiger partial charge is 0.325 e. The summed E-state index contributed by atoms with van der Waals surface area (Å²) in [6.45, 7) is 4.03. The van der Waals surface area contributed by atoms with Crippen LogP contribution in [0.15, 0.2) is 0 Å².